The van der Waals surface area contributed by atoms with Crippen LogP contribution >= 0.6 is 11.6 Å². The van der Waals surface area contributed by atoms with Crippen LogP contribution in [0.2, 0.25) is 5.02 Å². The summed E-state index contributed by atoms with van der Waals surface area (Å²) in [6, 6.07) is 4.38. The summed E-state index contributed by atoms with van der Waals surface area (Å²) in [7, 11) is 1.57. The molecule has 3 heteroatoms. The molecule has 0 aliphatic heterocycles. The summed E-state index contributed by atoms with van der Waals surface area (Å²) < 4.78 is 17.8. The first-order valence-electron chi connectivity index (χ1n) is 3.62. The molecule has 1 rings (SSSR count). The lowest BCUT2D eigenvalue weighted by Gasteiger charge is -2.09. The summed E-state index contributed by atoms with van der Waals surface area (Å²) in [5, 5.41) is 0.397. The van der Waals surface area contributed by atoms with Gasteiger partial charge in [0.05, 0.1) is 6.10 Å². The second-order valence-electron chi connectivity index (χ2n) is 2.58. The maximum absolute atomic E-state index is 12.8. The van der Waals surface area contributed by atoms with Crippen molar-refractivity contribution in [3.8, 4) is 0 Å². The zero-order chi connectivity index (χ0) is 9.14. The first kappa shape index (κ1) is 9.49. The molecule has 0 fully saturated rings. The van der Waals surface area contributed by atoms with Gasteiger partial charge in [0.25, 0.3) is 0 Å². The maximum Gasteiger partial charge on any atom is 0.125 e. The Morgan fingerprint density at radius 2 is 2.08 bits per heavy atom. The molecule has 0 saturated carbocycles. The van der Waals surface area contributed by atoms with E-state index in [4.69, 9.17) is 16.3 Å². The van der Waals surface area contributed by atoms with Gasteiger partial charge < -0.3 is 4.74 Å². The molecule has 1 nitrogen and oxygen atoms in total. The molecule has 0 aliphatic rings. The molecule has 12 heavy (non-hydrogen) atoms. The molecule has 66 valence electrons. The topological polar surface area (TPSA) is 9.23 Å². The van der Waals surface area contributed by atoms with Crippen molar-refractivity contribution in [2.75, 3.05) is 7.11 Å². The third-order valence-electron chi connectivity index (χ3n) is 1.71. The van der Waals surface area contributed by atoms with E-state index in [1.54, 1.807) is 13.2 Å². The molecule has 0 radical (unpaired) electrons. The van der Waals surface area contributed by atoms with Crippen LogP contribution in [-0.4, -0.2) is 7.11 Å². The molecule has 0 aromatic heterocycles. The first-order chi connectivity index (χ1) is 5.63. The highest BCUT2D eigenvalue weighted by molar-refractivity contribution is 6.30. The van der Waals surface area contributed by atoms with Gasteiger partial charge in [-0.3, -0.25) is 0 Å². The molecule has 0 spiro atoms. The predicted octanol–water partition coefficient (Wildman–Crippen LogP) is 3.19. The molecule has 0 amide bonds. The average Bonchev–Trinajstić information content (AvgIpc) is 2.01. The second-order valence-corrected chi connectivity index (χ2v) is 3.02. The van der Waals surface area contributed by atoms with Crippen LogP contribution in [0.5, 0.6) is 0 Å². The fraction of sp³-hybridized carbons (Fsp3) is 0.333. The summed E-state index contributed by atoms with van der Waals surface area (Å²) in [5.41, 5.74) is 0.752. The van der Waals surface area contributed by atoms with Crippen molar-refractivity contribution in [1.82, 2.24) is 0 Å². The Balaban J connectivity index is 3.00. The molecule has 0 heterocycles. The minimum atomic E-state index is -0.332. The van der Waals surface area contributed by atoms with Crippen molar-refractivity contribution in [3.05, 3.63) is 34.6 Å². The number of ether oxygens (including phenoxy) is 1. The Labute approximate surface area is 76.1 Å². The fourth-order valence-electron chi connectivity index (χ4n) is 0.946. The van der Waals surface area contributed by atoms with Gasteiger partial charge in [-0.25, -0.2) is 4.39 Å². The van der Waals surface area contributed by atoms with Gasteiger partial charge in [0.15, 0.2) is 0 Å². The van der Waals surface area contributed by atoms with E-state index < -0.39 is 0 Å². The number of hydrogen-bond acceptors (Lipinski definition) is 1. The van der Waals surface area contributed by atoms with E-state index in [1.807, 2.05) is 6.92 Å². The normalized spacial score (nSPS) is 13.0. The third kappa shape index (κ3) is 2.19. The third-order valence-corrected chi connectivity index (χ3v) is 1.93. The summed E-state index contributed by atoms with van der Waals surface area (Å²) in [5.74, 6) is -0.332. The van der Waals surface area contributed by atoms with E-state index in [1.165, 1.54) is 12.1 Å². The molecule has 1 atom stereocenters. The number of benzene rings is 1. The van der Waals surface area contributed by atoms with Crippen LogP contribution in [0.15, 0.2) is 18.2 Å². The number of methoxy groups -OCH3 is 1. The van der Waals surface area contributed by atoms with Crippen LogP contribution in [-0.2, 0) is 4.74 Å². The van der Waals surface area contributed by atoms with Crippen LogP contribution in [0.25, 0.3) is 0 Å². The van der Waals surface area contributed by atoms with Crippen LogP contribution in [0, 0.1) is 5.82 Å². The standard InChI is InChI=1S/C9H10ClFO/c1-6(12-2)7-3-8(10)5-9(11)4-7/h3-6H,1-2H3. The molecule has 1 aromatic rings. The number of hydrogen-bond donors (Lipinski definition) is 0. The van der Waals surface area contributed by atoms with Gasteiger partial charge in [-0.2, -0.15) is 0 Å². The summed E-state index contributed by atoms with van der Waals surface area (Å²) in [6.07, 6.45) is -0.127. The second kappa shape index (κ2) is 3.87. The van der Waals surface area contributed by atoms with Crippen molar-refractivity contribution in [1.29, 1.82) is 0 Å². The smallest absolute Gasteiger partial charge is 0.125 e. The molecule has 1 unspecified atom stereocenters. The van der Waals surface area contributed by atoms with Crippen molar-refractivity contribution >= 4 is 11.6 Å². The summed E-state index contributed by atoms with van der Waals surface area (Å²) in [4.78, 5) is 0. The van der Waals surface area contributed by atoms with Gasteiger partial charge in [0.2, 0.25) is 0 Å². The maximum atomic E-state index is 12.8. The van der Waals surface area contributed by atoms with E-state index in [0.717, 1.165) is 5.56 Å². The fourth-order valence-corrected chi connectivity index (χ4v) is 1.18. The van der Waals surface area contributed by atoms with Crippen LogP contribution in [0.1, 0.15) is 18.6 Å². The SMILES string of the molecule is COC(C)c1cc(F)cc(Cl)c1. The molecule has 0 saturated heterocycles. The predicted molar refractivity (Wildman–Crippen MR) is 46.8 cm³/mol. The Kier molecular flexibility index (Phi) is 3.06. The number of halogens is 2. The minimum Gasteiger partial charge on any atom is -0.377 e. The van der Waals surface area contributed by atoms with Crippen LogP contribution < -0.4 is 0 Å². The quantitative estimate of drug-likeness (QED) is 0.693. The Morgan fingerprint density at radius 1 is 1.42 bits per heavy atom. The Morgan fingerprint density at radius 3 is 2.58 bits per heavy atom. The van der Waals surface area contributed by atoms with E-state index in [2.05, 4.69) is 0 Å². The van der Waals surface area contributed by atoms with E-state index in [9.17, 15) is 4.39 Å². The van der Waals surface area contributed by atoms with Gasteiger partial charge in [-0.05, 0) is 30.7 Å². The average molecular weight is 189 g/mol. The van der Waals surface area contributed by atoms with Gasteiger partial charge in [-0.15, -0.1) is 0 Å². The van der Waals surface area contributed by atoms with Crippen molar-refractivity contribution in [3.63, 3.8) is 0 Å². The highest BCUT2D eigenvalue weighted by Crippen LogP contribution is 2.21. The van der Waals surface area contributed by atoms with Crippen molar-refractivity contribution in [2.45, 2.75) is 13.0 Å². The minimum absolute atomic E-state index is 0.127. The van der Waals surface area contributed by atoms with Crippen LogP contribution in [0.3, 0.4) is 0 Å². The monoisotopic (exact) mass is 188 g/mol. The van der Waals surface area contributed by atoms with Gasteiger partial charge in [-0.1, -0.05) is 11.6 Å². The highest BCUT2D eigenvalue weighted by atomic mass is 35.5. The lowest BCUT2D eigenvalue weighted by molar-refractivity contribution is 0.119. The Bertz CT molecular complexity index is 255. The van der Waals surface area contributed by atoms with Gasteiger partial charge in [0.1, 0.15) is 5.82 Å². The van der Waals surface area contributed by atoms with Gasteiger partial charge in [0, 0.05) is 12.1 Å². The molecular formula is C9H10ClFO. The van der Waals surface area contributed by atoms with Crippen LogP contribution in [0.4, 0.5) is 4.39 Å². The highest BCUT2D eigenvalue weighted by Gasteiger charge is 2.05. The molecule has 0 aliphatic carbocycles. The lowest BCUT2D eigenvalue weighted by atomic mass is 10.1. The molecule has 0 bridgehead atoms. The van der Waals surface area contributed by atoms with Crippen molar-refractivity contribution in [2.24, 2.45) is 0 Å². The zero-order valence-corrected chi connectivity index (χ0v) is 7.73. The largest absolute Gasteiger partial charge is 0.377 e. The van der Waals surface area contributed by atoms with Crippen molar-refractivity contribution < 1.29 is 9.13 Å². The summed E-state index contributed by atoms with van der Waals surface area (Å²) >= 11 is 5.66. The lowest BCUT2D eigenvalue weighted by Crippen LogP contribution is -1.96. The number of rotatable bonds is 2. The van der Waals surface area contributed by atoms with E-state index in [-0.39, 0.29) is 11.9 Å². The summed E-state index contributed by atoms with van der Waals surface area (Å²) in [6.45, 7) is 1.84. The van der Waals surface area contributed by atoms with E-state index in [0.29, 0.717) is 5.02 Å². The zero-order valence-electron chi connectivity index (χ0n) is 6.97. The Hall–Kier alpha value is -0.600. The molecule has 1 aromatic carbocycles. The molecular weight excluding hydrogens is 179 g/mol. The first-order valence-corrected chi connectivity index (χ1v) is 4.00. The van der Waals surface area contributed by atoms with E-state index >= 15 is 0 Å². The molecule has 0 N–H and O–H groups in total. The van der Waals surface area contributed by atoms with Gasteiger partial charge >= 0.3 is 0 Å².